The number of carbonyl (C=O) groups is 2. The zero-order chi connectivity index (χ0) is 14.6. The Labute approximate surface area is 114 Å². The molecule has 3 amide bonds. The van der Waals surface area contributed by atoms with Crippen LogP contribution >= 0.6 is 0 Å². The van der Waals surface area contributed by atoms with E-state index in [1.807, 2.05) is 0 Å². The van der Waals surface area contributed by atoms with Crippen LogP contribution in [0.5, 0.6) is 0 Å². The Morgan fingerprint density at radius 1 is 1.21 bits per heavy atom. The average Bonchev–Trinajstić information content (AvgIpc) is 2.31. The molecule has 0 bridgehead atoms. The molecule has 0 aromatic carbocycles. The van der Waals surface area contributed by atoms with E-state index in [1.165, 1.54) is 0 Å². The van der Waals surface area contributed by atoms with Crippen LogP contribution in [0.25, 0.3) is 0 Å². The Morgan fingerprint density at radius 3 is 2.37 bits per heavy atom. The van der Waals surface area contributed by atoms with E-state index in [9.17, 15) is 9.59 Å². The summed E-state index contributed by atoms with van der Waals surface area (Å²) >= 11 is 0. The van der Waals surface area contributed by atoms with E-state index in [-0.39, 0.29) is 23.3 Å². The maximum atomic E-state index is 12.2. The number of primary amides is 1. The first-order chi connectivity index (χ1) is 8.76. The lowest BCUT2D eigenvalue weighted by molar-refractivity contribution is -0.132. The molecular weight excluding hydrogens is 244 g/mol. The van der Waals surface area contributed by atoms with Crippen LogP contribution in [-0.2, 0) is 4.79 Å². The molecule has 110 valence electrons. The molecule has 0 aromatic heterocycles. The molecule has 3 atom stereocenters. The summed E-state index contributed by atoms with van der Waals surface area (Å²) in [5, 5.41) is 5.29. The van der Waals surface area contributed by atoms with E-state index in [1.54, 1.807) is 0 Å². The quantitative estimate of drug-likeness (QED) is 0.546. The van der Waals surface area contributed by atoms with Crippen LogP contribution in [0.1, 0.15) is 33.6 Å². The van der Waals surface area contributed by atoms with E-state index >= 15 is 0 Å². The zero-order valence-corrected chi connectivity index (χ0v) is 12.0. The highest BCUT2D eigenvalue weighted by Crippen LogP contribution is 2.44. The Hall–Kier alpha value is -1.30. The fraction of sp³-hybridized carbons (Fsp3) is 0.846. The summed E-state index contributed by atoms with van der Waals surface area (Å²) in [5.41, 5.74) is 10.9. The molecule has 19 heavy (non-hydrogen) atoms. The van der Waals surface area contributed by atoms with Gasteiger partial charge in [-0.2, -0.15) is 0 Å². The normalized spacial score (nSPS) is 29.6. The first kappa shape index (κ1) is 15.8. The van der Waals surface area contributed by atoms with Crippen molar-refractivity contribution < 1.29 is 9.59 Å². The summed E-state index contributed by atoms with van der Waals surface area (Å²) in [6.07, 6.45) is 1.69. The van der Waals surface area contributed by atoms with Crippen molar-refractivity contribution >= 4 is 11.9 Å². The highest BCUT2D eigenvalue weighted by Gasteiger charge is 2.44. The molecule has 1 saturated carbocycles. The minimum atomic E-state index is -0.577. The van der Waals surface area contributed by atoms with E-state index in [0.717, 1.165) is 12.8 Å². The molecule has 0 saturated heterocycles. The third-order valence-corrected chi connectivity index (χ3v) is 4.54. The van der Waals surface area contributed by atoms with Gasteiger partial charge in [-0.25, -0.2) is 4.79 Å². The standard InChI is InChI=1S/C13H26N4O2/c1-8-10(14)5-4-9(13(8,2)3)11(18)16-6-7-17-12(15)19/h8-10H,4-7,14H2,1-3H3,(H,16,18)(H3,15,17,19). The number of rotatable bonds is 4. The molecule has 1 rings (SSSR count). The molecule has 6 nitrogen and oxygen atoms in total. The Balaban J connectivity index is 2.49. The maximum Gasteiger partial charge on any atom is 0.312 e. The lowest BCUT2D eigenvalue weighted by atomic mass is 9.61. The summed E-state index contributed by atoms with van der Waals surface area (Å²) < 4.78 is 0. The molecule has 0 heterocycles. The van der Waals surface area contributed by atoms with Crippen LogP contribution in [0.15, 0.2) is 0 Å². The number of nitrogens with one attached hydrogen (secondary N) is 2. The first-order valence-electron chi connectivity index (χ1n) is 6.83. The van der Waals surface area contributed by atoms with Gasteiger partial charge in [0.05, 0.1) is 0 Å². The molecule has 0 aromatic rings. The fourth-order valence-corrected chi connectivity index (χ4v) is 2.81. The molecule has 6 heteroatoms. The number of nitrogens with two attached hydrogens (primary N) is 2. The summed E-state index contributed by atoms with van der Waals surface area (Å²) in [7, 11) is 0. The molecule has 0 aliphatic heterocycles. The minimum Gasteiger partial charge on any atom is -0.354 e. The largest absolute Gasteiger partial charge is 0.354 e. The lowest BCUT2D eigenvalue weighted by Gasteiger charge is -2.46. The molecule has 1 aliphatic rings. The van der Waals surface area contributed by atoms with Crippen molar-refractivity contribution in [1.29, 1.82) is 0 Å². The summed E-state index contributed by atoms with van der Waals surface area (Å²) in [5.74, 6) is 0.312. The second-order valence-corrected chi connectivity index (χ2v) is 5.99. The summed E-state index contributed by atoms with van der Waals surface area (Å²) in [6.45, 7) is 7.06. The third kappa shape index (κ3) is 3.83. The van der Waals surface area contributed by atoms with Gasteiger partial charge < -0.3 is 22.1 Å². The average molecular weight is 270 g/mol. The topological polar surface area (TPSA) is 110 Å². The van der Waals surface area contributed by atoms with Crippen LogP contribution in [0.4, 0.5) is 4.79 Å². The highest BCUT2D eigenvalue weighted by molar-refractivity contribution is 5.79. The van der Waals surface area contributed by atoms with Gasteiger partial charge in [0.25, 0.3) is 0 Å². The van der Waals surface area contributed by atoms with Gasteiger partial charge in [-0.15, -0.1) is 0 Å². The number of urea groups is 1. The molecule has 6 N–H and O–H groups in total. The van der Waals surface area contributed by atoms with E-state index < -0.39 is 6.03 Å². The maximum absolute atomic E-state index is 12.2. The molecule has 0 spiro atoms. The lowest BCUT2D eigenvalue weighted by Crippen LogP contribution is -2.52. The van der Waals surface area contributed by atoms with Gasteiger partial charge in [0.1, 0.15) is 0 Å². The van der Waals surface area contributed by atoms with Crippen LogP contribution in [0, 0.1) is 17.3 Å². The Kier molecular flexibility index (Phi) is 5.17. The van der Waals surface area contributed by atoms with Crippen LogP contribution < -0.4 is 22.1 Å². The van der Waals surface area contributed by atoms with E-state index in [2.05, 4.69) is 31.4 Å². The molecule has 1 fully saturated rings. The number of amides is 3. The van der Waals surface area contributed by atoms with Gasteiger partial charge >= 0.3 is 6.03 Å². The van der Waals surface area contributed by atoms with Crippen molar-refractivity contribution in [2.45, 2.75) is 39.7 Å². The first-order valence-corrected chi connectivity index (χ1v) is 6.83. The second kappa shape index (κ2) is 6.23. The SMILES string of the molecule is CC1C(N)CCC(C(=O)NCCNC(N)=O)C1(C)C. The Morgan fingerprint density at radius 2 is 1.79 bits per heavy atom. The van der Waals surface area contributed by atoms with Crippen molar-refractivity contribution in [2.75, 3.05) is 13.1 Å². The van der Waals surface area contributed by atoms with Crippen molar-refractivity contribution in [3.63, 3.8) is 0 Å². The number of hydrogen-bond acceptors (Lipinski definition) is 3. The van der Waals surface area contributed by atoms with Crippen LogP contribution in [-0.4, -0.2) is 31.1 Å². The van der Waals surface area contributed by atoms with Crippen molar-refractivity contribution in [1.82, 2.24) is 10.6 Å². The van der Waals surface area contributed by atoms with Gasteiger partial charge in [0.15, 0.2) is 0 Å². The number of hydrogen-bond donors (Lipinski definition) is 4. The van der Waals surface area contributed by atoms with Crippen molar-refractivity contribution in [3.8, 4) is 0 Å². The van der Waals surface area contributed by atoms with E-state index in [4.69, 9.17) is 11.5 Å². The predicted molar refractivity (Wildman–Crippen MR) is 74.2 cm³/mol. The smallest absolute Gasteiger partial charge is 0.312 e. The van der Waals surface area contributed by atoms with Crippen LogP contribution in [0.3, 0.4) is 0 Å². The summed E-state index contributed by atoms with van der Waals surface area (Å²) in [6, 6.07) is -0.414. The van der Waals surface area contributed by atoms with Gasteiger partial charge in [0, 0.05) is 25.0 Å². The summed E-state index contributed by atoms with van der Waals surface area (Å²) in [4.78, 5) is 22.7. The van der Waals surface area contributed by atoms with Gasteiger partial charge in [-0.05, 0) is 24.2 Å². The van der Waals surface area contributed by atoms with Crippen molar-refractivity contribution in [3.05, 3.63) is 0 Å². The predicted octanol–water partition coefficient (Wildman–Crippen LogP) is 0.171. The van der Waals surface area contributed by atoms with Crippen molar-refractivity contribution in [2.24, 2.45) is 28.7 Å². The highest BCUT2D eigenvalue weighted by atomic mass is 16.2. The zero-order valence-electron chi connectivity index (χ0n) is 12.0. The van der Waals surface area contributed by atoms with Gasteiger partial charge in [-0.3, -0.25) is 4.79 Å². The minimum absolute atomic E-state index is 0.0316. The third-order valence-electron chi connectivity index (χ3n) is 4.54. The molecule has 1 aliphatic carbocycles. The molecule has 3 unspecified atom stereocenters. The van der Waals surface area contributed by atoms with Gasteiger partial charge in [0.2, 0.25) is 5.91 Å². The Bertz CT molecular complexity index is 344. The fourth-order valence-electron chi connectivity index (χ4n) is 2.81. The second-order valence-electron chi connectivity index (χ2n) is 5.99. The molecule has 0 radical (unpaired) electrons. The molecular formula is C13H26N4O2. The monoisotopic (exact) mass is 270 g/mol. The van der Waals surface area contributed by atoms with Crippen LogP contribution in [0.2, 0.25) is 0 Å². The van der Waals surface area contributed by atoms with E-state index in [0.29, 0.717) is 19.0 Å². The van der Waals surface area contributed by atoms with Gasteiger partial charge in [-0.1, -0.05) is 20.8 Å². The number of carbonyl (C=O) groups excluding carboxylic acids is 2.